The highest BCUT2D eigenvalue weighted by Gasteiger charge is 2.71. The van der Waals surface area contributed by atoms with Crippen molar-refractivity contribution < 1.29 is 13.9 Å². The van der Waals surface area contributed by atoms with Crippen molar-refractivity contribution >= 4 is 104 Å². The number of rotatable bonds is 11. The van der Waals surface area contributed by atoms with E-state index in [2.05, 4.69) is 10.1 Å². The maximum Gasteiger partial charge on any atom is 0.338 e. The summed E-state index contributed by atoms with van der Waals surface area (Å²) in [6.45, 7) is 7.67. The lowest BCUT2D eigenvalue weighted by Gasteiger charge is -2.50. The van der Waals surface area contributed by atoms with Crippen molar-refractivity contribution in [3.05, 3.63) is 214 Å². The number of carbonyl (C=O) groups is 1. The van der Waals surface area contributed by atoms with Crippen molar-refractivity contribution in [1.82, 2.24) is 20.0 Å². The molecule has 0 amide bonds. The van der Waals surface area contributed by atoms with E-state index < -0.39 is 22.3 Å². The van der Waals surface area contributed by atoms with E-state index >= 15 is 0 Å². The molecule has 1 atom stereocenters. The molecule has 1 aliphatic heterocycles. The van der Waals surface area contributed by atoms with Gasteiger partial charge in [0.25, 0.3) is 5.89 Å². The third-order valence-corrected chi connectivity index (χ3v) is 14.7. The van der Waals surface area contributed by atoms with E-state index in [1.54, 1.807) is 53.2 Å². The van der Waals surface area contributed by atoms with Gasteiger partial charge < -0.3 is 9.15 Å². The lowest BCUT2D eigenvalue weighted by molar-refractivity contribution is 0.0526. The van der Waals surface area contributed by atoms with Crippen molar-refractivity contribution in [3.63, 3.8) is 0 Å². The fourth-order valence-electron chi connectivity index (χ4n) is 9.60. The van der Waals surface area contributed by atoms with Gasteiger partial charge in [0, 0.05) is 52.6 Å². The molecule has 2 aliphatic rings. The van der Waals surface area contributed by atoms with Crippen LogP contribution in [-0.4, -0.2) is 32.6 Å². The number of esters is 1. The number of anilines is 2. The van der Waals surface area contributed by atoms with Gasteiger partial charge in [0.05, 0.1) is 32.7 Å². The smallest absolute Gasteiger partial charge is 0.338 e. The van der Waals surface area contributed by atoms with Crippen molar-refractivity contribution in [2.75, 3.05) is 16.6 Å². The molecule has 6 aromatic carbocycles. The SMILES string of the molecule is Cc1c(N2C(c3nnc(C(C)(C)C)o3)=C(COC(=O)c3ccccc3)C(c3ccc(Cl)cc3)(C3(c4ccc(Cl)cc4)CC3)N2c2ccc(Cl)cc2Cl)nn(-c2ccc(Cl)cc2Cl)c1-c1ccc(Cl)cc1. The Labute approximate surface area is 440 Å². The quantitative estimate of drug-likeness (QED) is 0.118. The standard InChI is InChI=1S/C54H41Cl7N6O3/c1-31-46(32-10-16-36(55)17-11-32)65(44-24-22-39(58)28-42(44)60)64-48(31)66-47(49-62-63-51(70-49)52(2,3)4)41(30-69-50(68)33-8-6-5-7-9-33)54(35-14-20-38(57)21-15-35,67(66)45-25-23-40(59)29-43(45)61)53(26-27-53)34-12-18-37(56)19-13-34/h5-25,28-29H,26-27,30H2,1-4H3. The molecule has 1 fully saturated rings. The third kappa shape index (κ3) is 8.33. The molecular formula is C54H41Cl7N6O3. The van der Waals surface area contributed by atoms with E-state index in [4.69, 9.17) is 101 Å². The molecule has 10 rings (SSSR count). The highest BCUT2D eigenvalue weighted by Crippen LogP contribution is 2.70. The van der Waals surface area contributed by atoms with Crippen LogP contribution in [0.25, 0.3) is 22.6 Å². The average molecular weight is 1070 g/mol. The molecule has 8 aromatic rings. The number of hydrazine groups is 1. The van der Waals surface area contributed by atoms with Crippen molar-refractivity contribution in [3.8, 4) is 16.9 Å². The molecule has 2 aromatic heterocycles. The van der Waals surface area contributed by atoms with Crippen LogP contribution in [0.2, 0.25) is 35.2 Å². The molecule has 0 spiro atoms. The molecule has 0 N–H and O–H groups in total. The first-order valence-electron chi connectivity index (χ1n) is 22.2. The maximum atomic E-state index is 14.4. The van der Waals surface area contributed by atoms with Gasteiger partial charge in [-0.15, -0.1) is 15.3 Å². The van der Waals surface area contributed by atoms with Crippen LogP contribution < -0.4 is 10.0 Å². The number of ether oxygens (including phenoxy) is 1. The van der Waals surface area contributed by atoms with E-state index in [9.17, 15) is 4.79 Å². The molecule has 0 bridgehead atoms. The average Bonchev–Trinajstić information content (AvgIpc) is 3.70. The van der Waals surface area contributed by atoms with Crippen LogP contribution in [-0.2, 0) is 21.1 Å². The fraction of sp³-hybridized carbons (Fsp3) is 0.185. The second kappa shape index (κ2) is 18.6. The molecule has 16 heteroatoms. The Bertz CT molecular complexity index is 3330. The Morgan fingerprint density at radius 1 is 0.671 bits per heavy atom. The topological polar surface area (TPSA) is 89.5 Å². The van der Waals surface area contributed by atoms with E-state index in [1.807, 2.05) is 124 Å². The predicted molar refractivity (Wildman–Crippen MR) is 282 cm³/mol. The predicted octanol–water partition coefficient (Wildman–Crippen LogP) is 16.2. The Morgan fingerprint density at radius 3 is 1.76 bits per heavy atom. The summed E-state index contributed by atoms with van der Waals surface area (Å²) in [6.07, 6.45) is 1.30. The van der Waals surface area contributed by atoms with Gasteiger partial charge in [-0.1, -0.05) is 157 Å². The van der Waals surface area contributed by atoms with E-state index in [0.29, 0.717) is 99.2 Å². The largest absolute Gasteiger partial charge is 0.457 e. The zero-order valence-electron chi connectivity index (χ0n) is 38.0. The highest BCUT2D eigenvalue weighted by molar-refractivity contribution is 6.37. The number of benzene rings is 6. The number of carbonyl (C=O) groups excluding carboxylic acids is 1. The Morgan fingerprint density at radius 2 is 1.21 bits per heavy atom. The summed E-state index contributed by atoms with van der Waals surface area (Å²) < 4.78 is 15.2. The lowest BCUT2D eigenvalue weighted by atomic mass is 9.66. The number of halogens is 7. The molecule has 1 saturated carbocycles. The summed E-state index contributed by atoms with van der Waals surface area (Å²) in [6, 6.07) is 42.4. The maximum absolute atomic E-state index is 14.4. The monoisotopic (exact) mass is 1070 g/mol. The van der Waals surface area contributed by atoms with Crippen LogP contribution in [0, 0.1) is 6.92 Å². The first kappa shape index (κ1) is 48.2. The van der Waals surface area contributed by atoms with Gasteiger partial charge in [-0.3, -0.25) is 5.01 Å². The number of nitrogens with zero attached hydrogens (tertiary/aromatic N) is 6. The molecule has 1 unspecified atom stereocenters. The first-order valence-corrected chi connectivity index (χ1v) is 24.8. The number of hydrogen-bond acceptors (Lipinski definition) is 8. The Hall–Kier alpha value is -5.49. The second-order valence-electron chi connectivity index (χ2n) is 18.3. The minimum atomic E-state index is -1.37. The molecule has 0 radical (unpaired) electrons. The first-order chi connectivity index (χ1) is 33.5. The van der Waals surface area contributed by atoms with Crippen molar-refractivity contribution in [2.24, 2.45) is 0 Å². The molecule has 0 saturated heterocycles. The summed E-state index contributed by atoms with van der Waals surface area (Å²) in [5, 5.41) is 22.3. The summed E-state index contributed by atoms with van der Waals surface area (Å²) in [5.41, 5.74) is 3.50. The highest BCUT2D eigenvalue weighted by atomic mass is 35.5. The van der Waals surface area contributed by atoms with Gasteiger partial charge in [0.1, 0.15) is 17.8 Å². The third-order valence-electron chi connectivity index (χ3n) is 12.9. The minimum absolute atomic E-state index is 0.125. The van der Waals surface area contributed by atoms with Crippen LogP contribution in [0.5, 0.6) is 0 Å². The normalized spacial score (nSPS) is 16.6. The van der Waals surface area contributed by atoms with Gasteiger partial charge >= 0.3 is 5.97 Å². The van der Waals surface area contributed by atoms with Crippen molar-refractivity contribution in [1.29, 1.82) is 0 Å². The Kier molecular flexibility index (Phi) is 12.8. The number of aromatic nitrogens is 4. The van der Waals surface area contributed by atoms with E-state index in [-0.39, 0.29) is 12.5 Å². The summed E-state index contributed by atoms with van der Waals surface area (Å²) in [5.74, 6) is 0.348. The molecular weight excluding hydrogens is 1030 g/mol. The summed E-state index contributed by atoms with van der Waals surface area (Å²) in [4.78, 5) is 14.4. The molecule has 70 heavy (non-hydrogen) atoms. The molecule has 3 heterocycles. The minimum Gasteiger partial charge on any atom is -0.457 e. The van der Waals surface area contributed by atoms with Gasteiger partial charge in [0.2, 0.25) is 5.89 Å². The van der Waals surface area contributed by atoms with Gasteiger partial charge in [0.15, 0.2) is 5.82 Å². The molecule has 1 aliphatic carbocycles. The summed E-state index contributed by atoms with van der Waals surface area (Å²) >= 11 is 47.9. The van der Waals surface area contributed by atoms with Crippen LogP contribution in [0.4, 0.5) is 11.5 Å². The van der Waals surface area contributed by atoms with Crippen LogP contribution in [0.3, 0.4) is 0 Å². The molecule has 9 nitrogen and oxygen atoms in total. The van der Waals surface area contributed by atoms with E-state index in [0.717, 1.165) is 16.7 Å². The van der Waals surface area contributed by atoms with Crippen LogP contribution >= 0.6 is 81.2 Å². The van der Waals surface area contributed by atoms with Crippen molar-refractivity contribution in [2.45, 2.75) is 56.9 Å². The van der Waals surface area contributed by atoms with Gasteiger partial charge in [-0.2, -0.15) is 0 Å². The van der Waals surface area contributed by atoms with Crippen LogP contribution in [0.15, 0.2) is 150 Å². The second-order valence-corrected chi connectivity index (χ2v) is 21.3. The van der Waals surface area contributed by atoms with E-state index in [1.165, 1.54) is 0 Å². The zero-order valence-corrected chi connectivity index (χ0v) is 43.2. The Balaban J connectivity index is 1.40. The molecule has 354 valence electrons. The van der Waals surface area contributed by atoms with Gasteiger partial charge in [-0.05, 0) is 116 Å². The lowest BCUT2D eigenvalue weighted by Crippen LogP contribution is -2.58. The fourth-order valence-corrected chi connectivity index (χ4v) is 11.0. The van der Waals surface area contributed by atoms with Gasteiger partial charge in [-0.25, -0.2) is 14.5 Å². The summed E-state index contributed by atoms with van der Waals surface area (Å²) in [7, 11) is 0. The zero-order chi connectivity index (χ0) is 49.3. The number of hydrogen-bond donors (Lipinski definition) is 0. The van der Waals surface area contributed by atoms with Crippen LogP contribution in [0.1, 0.15) is 72.4 Å².